The Bertz CT molecular complexity index is 613. The van der Waals surface area contributed by atoms with Crippen LogP contribution in [-0.4, -0.2) is 28.3 Å². The number of nitrogens with one attached hydrogen (secondary N) is 1. The number of aromatic nitrogens is 3. The molecule has 110 valence electrons. The molecule has 1 fully saturated rings. The van der Waals surface area contributed by atoms with Gasteiger partial charge in [-0.1, -0.05) is 19.1 Å². The summed E-state index contributed by atoms with van der Waals surface area (Å²) in [5.74, 6) is 2.15. The number of hydrogen-bond donors (Lipinski definition) is 1. The zero-order chi connectivity index (χ0) is 14.7. The van der Waals surface area contributed by atoms with Crippen LogP contribution in [0.15, 0.2) is 30.5 Å². The average Bonchev–Trinajstić information content (AvgIpc) is 2.47. The second-order valence-corrected chi connectivity index (χ2v) is 5.83. The number of nitrogens with zero attached hydrogens (tertiary/aromatic N) is 4. The zero-order valence-corrected chi connectivity index (χ0v) is 12.6. The Labute approximate surface area is 125 Å². The van der Waals surface area contributed by atoms with E-state index in [1.165, 1.54) is 18.4 Å². The summed E-state index contributed by atoms with van der Waals surface area (Å²) in [6.45, 7) is 6.37. The highest BCUT2D eigenvalue weighted by Crippen LogP contribution is 2.21. The van der Waals surface area contributed by atoms with Crippen molar-refractivity contribution in [2.75, 3.05) is 23.3 Å². The standard InChI is InChI=1S/C16H21N5/c1-12-5-3-7-14(9-12)18-15-10-17-20-16(19-15)21-8-4-6-13(2)11-21/h3,5,7,9-10,13H,4,6,8,11H2,1-2H3,(H,18,19,20). The molecule has 2 heterocycles. The Morgan fingerprint density at radius 1 is 1.33 bits per heavy atom. The van der Waals surface area contributed by atoms with Crippen LogP contribution >= 0.6 is 0 Å². The molecule has 21 heavy (non-hydrogen) atoms. The minimum absolute atomic E-state index is 0.690. The maximum absolute atomic E-state index is 4.60. The molecule has 0 aliphatic carbocycles. The van der Waals surface area contributed by atoms with Crippen LogP contribution in [-0.2, 0) is 0 Å². The van der Waals surface area contributed by atoms with Crippen LogP contribution in [0, 0.1) is 12.8 Å². The number of anilines is 3. The van der Waals surface area contributed by atoms with E-state index >= 15 is 0 Å². The minimum atomic E-state index is 0.690. The molecule has 2 aromatic rings. The fraction of sp³-hybridized carbons (Fsp3) is 0.438. The SMILES string of the molecule is Cc1cccc(Nc2cnnc(N3CCCC(C)C3)n2)c1. The van der Waals surface area contributed by atoms with Crippen molar-refractivity contribution >= 4 is 17.5 Å². The molecule has 0 saturated carbocycles. The highest BCUT2D eigenvalue weighted by molar-refractivity contribution is 5.57. The zero-order valence-electron chi connectivity index (χ0n) is 12.6. The number of aryl methyl sites for hydroxylation is 1. The van der Waals surface area contributed by atoms with Gasteiger partial charge in [-0.05, 0) is 43.4 Å². The van der Waals surface area contributed by atoms with Gasteiger partial charge in [0, 0.05) is 18.8 Å². The molecule has 5 heteroatoms. The van der Waals surface area contributed by atoms with Gasteiger partial charge in [0.1, 0.15) is 0 Å². The van der Waals surface area contributed by atoms with Crippen molar-refractivity contribution in [1.82, 2.24) is 15.2 Å². The summed E-state index contributed by atoms with van der Waals surface area (Å²) in [6.07, 6.45) is 4.14. The molecule has 0 bridgehead atoms. The molecule has 0 spiro atoms. The van der Waals surface area contributed by atoms with E-state index in [1.54, 1.807) is 6.20 Å². The molecule has 5 nitrogen and oxygen atoms in total. The quantitative estimate of drug-likeness (QED) is 0.937. The summed E-state index contributed by atoms with van der Waals surface area (Å²) in [4.78, 5) is 6.82. The molecule has 1 atom stereocenters. The lowest BCUT2D eigenvalue weighted by Gasteiger charge is -2.30. The first-order chi connectivity index (χ1) is 10.2. The smallest absolute Gasteiger partial charge is 0.247 e. The van der Waals surface area contributed by atoms with Gasteiger partial charge in [-0.15, -0.1) is 5.10 Å². The van der Waals surface area contributed by atoms with E-state index in [-0.39, 0.29) is 0 Å². The van der Waals surface area contributed by atoms with Gasteiger partial charge in [-0.25, -0.2) is 0 Å². The lowest BCUT2D eigenvalue weighted by atomic mass is 10.0. The van der Waals surface area contributed by atoms with Crippen molar-refractivity contribution < 1.29 is 0 Å². The van der Waals surface area contributed by atoms with Crippen LogP contribution in [0.2, 0.25) is 0 Å². The van der Waals surface area contributed by atoms with Crippen LogP contribution in [0.4, 0.5) is 17.5 Å². The molecule has 1 unspecified atom stereocenters. The Balaban J connectivity index is 1.76. The van der Waals surface area contributed by atoms with Crippen LogP contribution in [0.25, 0.3) is 0 Å². The molecule has 1 aromatic heterocycles. The maximum Gasteiger partial charge on any atom is 0.247 e. The fourth-order valence-corrected chi connectivity index (χ4v) is 2.73. The van der Waals surface area contributed by atoms with E-state index in [1.807, 2.05) is 12.1 Å². The van der Waals surface area contributed by atoms with Gasteiger partial charge in [-0.2, -0.15) is 10.1 Å². The maximum atomic E-state index is 4.60. The summed E-state index contributed by atoms with van der Waals surface area (Å²) in [7, 11) is 0. The summed E-state index contributed by atoms with van der Waals surface area (Å²) in [6, 6.07) is 8.21. The number of rotatable bonds is 3. The second-order valence-electron chi connectivity index (χ2n) is 5.83. The Morgan fingerprint density at radius 2 is 2.24 bits per heavy atom. The van der Waals surface area contributed by atoms with Crippen LogP contribution in [0.3, 0.4) is 0 Å². The van der Waals surface area contributed by atoms with Gasteiger partial charge < -0.3 is 10.2 Å². The van der Waals surface area contributed by atoms with Gasteiger partial charge in [0.25, 0.3) is 0 Å². The molecule has 0 amide bonds. The molecule has 3 rings (SSSR count). The normalized spacial score (nSPS) is 18.6. The lowest BCUT2D eigenvalue weighted by Crippen LogP contribution is -2.35. The summed E-state index contributed by atoms with van der Waals surface area (Å²) < 4.78 is 0. The van der Waals surface area contributed by atoms with E-state index in [0.29, 0.717) is 5.92 Å². The van der Waals surface area contributed by atoms with E-state index in [2.05, 4.69) is 51.4 Å². The Hall–Kier alpha value is -2.17. The van der Waals surface area contributed by atoms with Gasteiger partial charge in [0.15, 0.2) is 5.82 Å². The van der Waals surface area contributed by atoms with E-state index in [0.717, 1.165) is 30.5 Å². The second kappa shape index (κ2) is 6.08. The third-order valence-electron chi connectivity index (χ3n) is 3.78. The molecule has 1 N–H and O–H groups in total. The molecule has 1 aliphatic heterocycles. The van der Waals surface area contributed by atoms with Gasteiger partial charge in [0.2, 0.25) is 5.95 Å². The van der Waals surface area contributed by atoms with Gasteiger partial charge >= 0.3 is 0 Å². The van der Waals surface area contributed by atoms with Crippen LogP contribution < -0.4 is 10.2 Å². The third kappa shape index (κ3) is 3.48. The van der Waals surface area contributed by atoms with Gasteiger partial charge in [-0.3, -0.25) is 0 Å². The minimum Gasteiger partial charge on any atom is -0.339 e. The highest BCUT2D eigenvalue weighted by atomic mass is 15.3. The summed E-state index contributed by atoms with van der Waals surface area (Å²) >= 11 is 0. The topological polar surface area (TPSA) is 53.9 Å². The monoisotopic (exact) mass is 283 g/mol. The van der Waals surface area contributed by atoms with Gasteiger partial charge in [0.05, 0.1) is 6.20 Å². The predicted molar refractivity (Wildman–Crippen MR) is 84.9 cm³/mol. The first-order valence-electron chi connectivity index (χ1n) is 7.49. The molecular weight excluding hydrogens is 262 g/mol. The van der Waals surface area contributed by atoms with Crippen molar-refractivity contribution in [2.24, 2.45) is 5.92 Å². The number of benzene rings is 1. The van der Waals surface area contributed by atoms with Crippen molar-refractivity contribution in [3.8, 4) is 0 Å². The Kier molecular flexibility index (Phi) is 3.99. The third-order valence-corrected chi connectivity index (χ3v) is 3.78. The highest BCUT2D eigenvalue weighted by Gasteiger charge is 2.19. The molecule has 1 aromatic carbocycles. The lowest BCUT2D eigenvalue weighted by molar-refractivity contribution is 0.441. The molecule has 1 saturated heterocycles. The van der Waals surface area contributed by atoms with Crippen molar-refractivity contribution in [1.29, 1.82) is 0 Å². The summed E-state index contributed by atoms with van der Waals surface area (Å²) in [5, 5.41) is 11.6. The van der Waals surface area contributed by atoms with E-state index in [9.17, 15) is 0 Å². The van der Waals surface area contributed by atoms with Crippen molar-refractivity contribution in [3.63, 3.8) is 0 Å². The van der Waals surface area contributed by atoms with Crippen LogP contribution in [0.5, 0.6) is 0 Å². The number of piperidine rings is 1. The molecular formula is C16H21N5. The average molecular weight is 283 g/mol. The molecule has 1 aliphatic rings. The predicted octanol–water partition coefficient (Wildman–Crippen LogP) is 3.16. The van der Waals surface area contributed by atoms with E-state index < -0.39 is 0 Å². The summed E-state index contributed by atoms with van der Waals surface area (Å²) in [5.41, 5.74) is 2.24. The van der Waals surface area contributed by atoms with E-state index in [4.69, 9.17) is 0 Å². The van der Waals surface area contributed by atoms with Crippen LogP contribution in [0.1, 0.15) is 25.3 Å². The Morgan fingerprint density at radius 3 is 3.05 bits per heavy atom. The molecule has 0 radical (unpaired) electrons. The van der Waals surface area contributed by atoms with Crippen molar-refractivity contribution in [2.45, 2.75) is 26.7 Å². The largest absolute Gasteiger partial charge is 0.339 e. The first kappa shape index (κ1) is 13.8. The van der Waals surface area contributed by atoms with Crippen molar-refractivity contribution in [3.05, 3.63) is 36.0 Å². The first-order valence-corrected chi connectivity index (χ1v) is 7.49. The number of hydrogen-bond acceptors (Lipinski definition) is 5. The fourth-order valence-electron chi connectivity index (χ4n) is 2.73.